The second-order valence-corrected chi connectivity index (χ2v) is 8.84. The molecule has 0 spiro atoms. The van der Waals surface area contributed by atoms with Crippen LogP contribution in [0.4, 0.5) is 0 Å². The second-order valence-electron chi connectivity index (χ2n) is 6.83. The van der Waals surface area contributed by atoms with Gasteiger partial charge in [0, 0.05) is 6.26 Å². The Labute approximate surface area is 158 Å². The number of rotatable bonds is 6. The molecule has 2 aromatic rings. The van der Waals surface area contributed by atoms with Crippen LogP contribution in [-0.4, -0.2) is 31.7 Å². The summed E-state index contributed by atoms with van der Waals surface area (Å²) in [4.78, 5) is 24.1. The van der Waals surface area contributed by atoms with E-state index in [1.54, 1.807) is 18.2 Å². The standard InChI is InChI=1S/C20H21NO5S/c1-27(25,26)15-9-5-8-14(12-15)18(13-6-3-2-4-7-13)21-19(22)16-10-11-17(16)20(23)24/h2-9,12,16-18H,10-11H2,1H3,(H,21,22)(H,23,24). The molecule has 0 heterocycles. The van der Waals surface area contributed by atoms with Crippen molar-refractivity contribution in [3.05, 3.63) is 65.7 Å². The third-order valence-corrected chi connectivity index (χ3v) is 6.08. The number of carbonyl (C=O) groups is 2. The highest BCUT2D eigenvalue weighted by Gasteiger charge is 2.42. The molecule has 0 saturated heterocycles. The Kier molecular flexibility index (Phi) is 5.32. The van der Waals surface area contributed by atoms with Crippen molar-refractivity contribution in [1.29, 1.82) is 0 Å². The molecule has 1 amide bonds. The van der Waals surface area contributed by atoms with Gasteiger partial charge < -0.3 is 10.4 Å². The average Bonchev–Trinajstić information content (AvgIpc) is 2.58. The van der Waals surface area contributed by atoms with Gasteiger partial charge in [0.2, 0.25) is 5.91 Å². The number of carbonyl (C=O) groups excluding carboxylic acids is 1. The fourth-order valence-corrected chi connectivity index (χ4v) is 3.96. The lowest BCUT2D eigenvalue weighted by molar-refractivity contribution is -0.152. The number of carboxylic acid groups (broad SMARTS) is 1. The molecule has 2 aromatic carbocycles. The Hall–Kier alpha value is -2.67. The van der Waals surface area contributed by atoms with Crippen molar-refractivity contribution < 1.29 is 23.1 Å². The SMILES string of the molecule is CS(=O)(=O)c1cccc(C(NC(=O)C2CCC2C(=O)O)c2ccccc2)c1. The second kappa shape index (κ2) is 7.52. The minimum atomic E-state index is -3.39. The predicted octanol–water partition coefficient (Wildman–Crippen LogP) is 2.41. The summed E-state index contributed by atoms with van der Waals surface area (Å²) >= 11 is 0. The van der Waals surface area contributed by atoms with Gasteiger partial charge in [-0.05, 0) is 36.1 Å². The summed E-state index contributed by atoms with van der Waals surface area (Å²) < 4.78 is 23.8. The molecule has 0 bridgehead atoms. The van der Waals surface area contributed by atoms with Gasteiger partial charge in [0.15, 0.2) is 9.84 Å². The lowest BCUT2D eigenvalue weighted by atomic mass is 9.73. The average molecular weight is 387 g/mol. The van der Waals surface area contributed by atoms with E-state index in [0.717, 1.165) is 11.8 Å². The molecule has 1 saturated carbocycles. The number of hydrogen-bond acceptors (Lipinski definition) is 4. The van der Waals surface area contributed by atoms with Crippen molar-refractivity contribution in [3.63, 3.8) is 0 Å². The number of benzene rings is 2. The quantitative estimate of drug-likeness (QED) is 0.793. The third-order valence-electron chi connectivity index (χ3n) is 4.97. The normalized spacial score (nSPS) is 20.3. The van der Waals surface area contributed by atoms with Crippen molar-refractivity contribution in [3.8, 4) is 0 Å². The van der Waals surface area contributed by atoms with Crippen LogP contribution in [-0.2, 0) is 19.4 Å². The Balaban J connectivity index is 1.94. The van der Waals surface area contributed by atoms with Gasteiger partial charge in [0.1, 0.15) is 0 Å². The van der Waals surface area contributed by atoms with Crippen molar-refractivity contribution in [2.75, 3.05) is 6.26 Å². The largest absolute Gasteiger partial charge is 0.481 e. The van der Waals surface area contributed by atoms with Crippen LogP contribution in [0.3, 0.4) is 0 Å². The topological polar surface area (TPSA) is 101 Å². The summed E-state index contributed by atoms with van der Waals surface area (Å²) in [5.41, 5.74) is 1.42. The highest BCUT2D eigenvalue weighted by Crippen LogP contribution is 2.35. The van der Waals surface area contributed by atoms with Crippen molar-refractivity contribution in [1.82, 2.24) is 5.32 Å². The van der Waals surface area contributed by atoms with E-state index in [1.807, 2.05) is 30.3 Å². The van der Waals surface area contributed by atoms with Gasteiger partial charge in [-0.15, -0.1) is 0 Å². The van der Waals surface area contributed by atoms with E-state index >= 15 is 0 Å². The molecular formula is C20H21NO5S. The van der Waals surface area contributed by atoms with Crippen LogP contribution in [0, 0.1) is 11.8 Å². The summed E-state index contributed by atoms with van der Waals surface area (Å²) in [5.74, 6) is -2.51. The molecule has 27 heavy (non-hydrogen) atoms. The van der Waals surface area contributed by atoms with E-state index in [0.29, 0.717) is 18.4 Å². The third kappa shape index (κ3) is 4.19. The molecule has 0 radical (unpaired) electrons. The van der Waals surface area contributed by atoms with Crippen LogP contribution in [0.2, 0.25) is 0 Å². The van der Waals surface area contributed by atoms with E-state index in [2.05, 4.69) is 5.32 Å². The summed E-state index contributed by atoms with van der Waals surface area (Å²) in [5, 5.41) is 12.1. The maximum absolute atomic E-state index is 12.7. The van der Waals surface area contributed by atoms with Gasteiger partial charge in [0.25, 0.3) is 0 Å². The predicted molar refractivity (Wildman–Crippen MR) is 99.8 cm³/mol. The maximum Gasteiger partial charge on any atom is 0.307 e. The van der Waals surface area contributed by atoms with E-state index in [4.69, 9.17) is 0 Å². The van der Waals surface area contributed by atoms with Crippen molar-refractivity contribution in [2.24, 2.45) is 11.8 Å². The minimum Gasteiger partial charge on any atom is -0.481 e. The zero-order valence-corrected chi connectivity index (χ0v) is 15.6. The van der Waals surface area contributed by atoms with Gasteiger partial charge in [-0.2, -0.15) is 0 Å². The Bertz CT molecular complexity index is 955. The highest BCUT2D eigenvalue weighted by atomic mass is 32.2. The summed E-state index contributed by atoms with van der Waals surface area (Å²) in [7, 11) is -3.39. The fraction of sp³-hybridized carbons (Fsp3) is 0.300. The molecule has 3 atom stereocenters. The van der Waals surface area contributed by atoms with E-state index in [9.17, 15) is 23.1 Å². The number of sulfone groups is 1. The highest BCUT2D eigenvalue weighted by molar-refractivity contribution is 7.90. The first-order valence-corrected chi connectivity index (χ1v) is 10.5. The minimum absolute atomic E-state index is 0.169. The molecule has 1 aliphatic rings. The van der Waals surface area contributed by atoms with Crippen molar-refractivity contribution in [2.45, 2.75) is 23.8 Å². The van der Waals surface area contributed by atoms with Gasteiger partial charge in [0.05, 0.1) is 22.8 Å². The lowest BCUT2D eigenvalue weighted by Gasteiger charge is -2.33. The molecule has 3 rings (SSSR count). The van der Waals surface area contributed by atoms with Crippen LogP contribution in [0.15, 0.2) is 59.5 Å². The molecular weight excluding hydrogens is 366 g/mol. The monoisotopic (exact) mass is 387 g/mol. The van der Waals surface area contributed by atoms with Crippen LogP contribution in [0.5, 0.6) is 0 Å². The molecule has 7 heteroatoms. The van der Waals surface area contributed by atoms with E-state index < -0.39 is 33.7 Å². The molecule has 0 aliphatic heterocycles. The molecule has 1 aliphatic carbocycles. The van der Waals surface area contributed by atoms with Gasteiger partial charge in [-0.25, -0.2) is 8.42 Å². The number of hydrogen-bond donors (Lipinski definition) is 2. The van der Waals surface area contributed by atoms with Crippen molar-refractivity contribution >= 4 is 21.7 Å². The zero-order chi connectivity index (χ0) is 19.6. The van der Waals surface area contributed by atoms with E-state index in [-0.39, 0.29) is 10.8 Å². The Morgan fingerprint density at radius 2 is 1.63 bits per heavy atom. The molecule has 6 nitrogen and oxygen atoms in total. The molecule has 3 unspecified atom stereocenters. The first-order valence-electron chi connectivity index (χ1n) is 8.65. The summed E-state index contributed by atoms with van der Waals surface area (Å²) in [6.45, 7) is 0. The zero-order valence-electron chi connectivity index (χ0n) is 14.8. The first kappa shape index (κ1) is 19.1. The first-order chi connectivity index (χ1) is 12.8. The number of nitrogens with one attached hydrogen (secondary N) is 1. The lowest BCUT2D eigenvalue weighted by Crippen LogP contribution is -2.45. The number of aliphatic carboxylic acids is 1. The van der Waals surface area contributed by atoms with Crippen LogP contribution >= 0.6 is 0 Å². The van der Waals surface area contributed by atoms with E-state index in [1.165, 1.54) is 6.07 Å². The fourth-order valence-electron chi connectivity index (χ4n) is 3.29. The molecule has 0 aromatic heterocycles. The van der Waals surface area contributed by atoms with Gasteiger partial charge in [-0.3, -0.25) is 9.59 Å². The number of carboxylic acids is 1. The number of amides is 1. The van der Waals surface area contributed by atoms with Crippen LogP contribution in [0.25, 0.3) is 0 Å². The molecule has 2 N–H and O–H groups in total. The molecule has 1 fully saturated rings. The van der Waals surface area contributed by atoms with Gasteiger partial charge in [-0.1, -0.05) is 42.5 Å². The van der Waals surface area contributed by atoms with Gasteiger partial charge >= 0.3 is 5.97 Å². The summed E-state index contributed by atoms with van der Waals surface area (Å²) in [6.07, 6.45) is 2.16. The Morgan fingerprint density at radius 3 is 2.19 bits per heavy atom. The molecule has 142 valence electrons. The smallest absolute Gasteiger partial charge is 0.307 e. The van der Waals surface area contributed by atoms with Crippen LogP contribution in [0.1, 0.15) is 30.0 Å². The summed E-state index contributed by atoms with van der Waals surface area (Å²) in [6, 6.07) is 15.1. The maximum atomic E-state index is 12.7. The Morgan fingerprint density at radius 1 is 1.00 bits per heavy atom. The van der Waals surface area contributed by atoms with Crippen LogP contribution < -0.4 is 5.32 Å².